The van der Waals surface area contributed by atoms with Crippen molar-refractivity contribution in [2.45, 2.75) is 135 Å². The fourth-order valence-corrected chi connectivity index (χ4v) is 12.9. The molecule has 0 spiro atoms. The van der Waals surface area contributed by atoms with Crippen LogP contribution in [0, 0.1) is 0 Å². The number of ether oxygens (including phenoxy) is 4. The number of nitrogens with zero attached hydrogens (tertiary/aromatic N) is 5. The van der Waals surface area contributed by atoms with E-state index in [-0.39, 0.29) is 73.1 Å². The molecular formula is C75H85ClF3N12NaO11. The van der Waals surface area contributed by atoms with E-state index < -0.39 is 29.8 Å². The number of carbonyl (C=O) groups excluding carboxylic acids is 6. The largest absolute Gasteiger partial charge is 1.00 e. The Kier molecular flexibility index (Phi) is 25.0. The van der Waals surface area contributed by atoms with Crippen LogP contribution in [0.15, 0.2) is 109 Å². The standard InChI is InChI=1S/C26H30N4O4.C21H22N4O2.C16H12ClN3O.C10H19NO3.C2HF3O.Na.H/c1-26(2,3)34-25(32)30-13-5-7-17(15-30)33-22-10-9-16-6-4-8-18(23(16)29-22)21-14-19-20(28-21)11-12-27-24(19)31;26-21-16-11-18(24-17(16)8-10-23-21)15-5-1-3-13-6-7-19(25-20(13)15)27-14-4-2-9-22-12-14;17-14-5-4-9-2-1-3-10(15(9)20-14)13-8-11-12(19-13)6-7-18-16(11)21;1-10(2,3)14-9(13)11-6-4-5-8(12)7-11;3-2(4,5)1-6;;/h4,6,8-10,14,17,28H,5,7,11-13,15H2,1-3H3,(H,27,31);1,3,5-7,11,14,22,24H,2,4,8-10,12H2,(H,23,26);1-5,8,19H,6-7H2,(H,18,21);8,12H,4-7H2,1-3H3;1H;;/q;;;;;+1;-1/t17-;14-;;8-;;;/m00.0.../s1. The van der Waals surface area contributed by atoms with Crippen molar-refractivity contribution < 1.29 is 97.0 Å². The van der Waals surface area contributed by atoms with Crippen LogP contribution in [-0.4, -0.2) is 176 Å². The average Bonchev–Trinajstić information content (AvgIpc) is 1.55. The maximum Gasteiger partial charge on any atom is 1.00 e. The van der Waals surface area contributed by atoms with Crippen molar-refractivity contribution in [1.29, 1.82) is 0 Å². The maximum atomic E-state index is 12.5. The topological polar surface area (TPSA) is 300 Å². The van der Waals surface area contributed by atoms with Gasteiger partial charge in [0.15, 0.2) is 0 Å². The van der Waals surface area contributed by atoms with E-state index in [1.807, 2.05) is 145 Å². The number of piperidine rings is 3. The number of aromatic amines is 3. The van der Waals surface area contributed by atoms with E-state index in [1.54, 1.807) is 15.9 Å². The zero-order valence-electron chi connectivity index (χ0n) is 59.7. The van der Waals surface area contributed by atoms with E-state index in [1.165, 1.54) is 0 Å². The third-order valence-electron chi connectivity index (χ3n) is 17.4. The molecule has 3 saturated heterocycles. The Morgan fingerprint density at radius 3 is 1.34 bits per heavy atom. The van der Waals surface area contributed by atoms with Crippen LogP contribution in [0.1, 0.15) is 130 Å². The number of aromatic nitrogens is 6. The second-order valence-corrected chi connectivity index (χ2v) is 28.0. The molecule has 15 rings (SSSR count). The number of rotatable bonds is 7. The molecule has 9 aromatic rings. The zero-order valence-corrected chi connectivity index (χ0v) is 61.5. The van der Waals surface area contributed by atoms with Crippen LogP contribution in [0.5, 0.6) is 11.8 Å². The Morgan fingerprint density at radius 2 is 0.942 bits per heavy atom. The quantitative estimate of drug-likeness (QED) is 0.0419. The molecule has 8 N–H and O–H groups in total. The minimum atomic E-state index is -4.64. The molecule has 5 amide bonds. The Labute approximate surface area is 622 Å². The van der Waals surface area contributed by atoms with Crippen molar-refractivity contribution >= 4 is 80.5 Å². The molecule has 6 aromatic heterocycles. The molecule has 0 unspecified atom stereocenters. The van der Waals surface area contributed by atoms with Gasteiger partial charge in [-0.15, -0.1) is 0 Å². The number of hydrogen-bond acceptors (Lipinski definition) is 15. The molecule has 3 aromatic carbocycles. The number of fused-ring (bicyclic) bond motifs is 6. The normalized spacial score (nSPS) is 17.9. The van der Waals surface area contributed by atoms with E-state index in [9.17, 15) is 42.3 Å². The van der Waals surface area contributed by atoms with Gasteiger partial charge in [-0.05, 0) is 129 Å². The van der Waals surface area contributed by atoms with Gasteiger partial charge < -0.3 is 71.5 Å². The minimum absolute atomic E-state index is 0. The van der Waals surface area contributed by atoms with Gasteiger partial charge in [0, 0.05) is 144 Å². The molecule has 12 heterocycles. The Balaban J connectivity index is 0.000000161. The number of nitrogens with one attached hydrogen (secondary N) is 7. The Bertz CT molecular complexity index is 4550. The fourth-order valence-electron chi connectivity index (χ4n) is 12.7. The first-order valence-corrected chi connectivity index (χ1v) is 34.7. The number of benzene rings is 3. The average molecular weight is 1450 g/mol. The van der Waals surface area contributed by atoms with E-state index in [0.717, 1.165) is 166 Å². The monoisotopic (exact) mass is 1440 g/mol. The molecule has 540 valence electrons. The molecule has 3 fully saturated rings. The van der Waals surface area contributed by atoms with E-state index in [2.05, 4.69) is 41.2 Å². The number of H-pyrrole nitrogens is 3. The molecule has 103 heavy (non-hydrogen) atoms. The van der Waals surface area contributed by atoms with Crippen molar-refractivity contribution in [3.8, 4) is 45.5 Å². The summed E-state index contributed by atoms with van der Waals surface area (Å²) in [7, 11) is 0. The number of pyridine rings is 3. The molecule has 0 aliphatic carbocycles. The number of para-hydroxylation sites is 3. The van der Waals surface area contributed by atoms with Gasteiger partial charge in [-0.1, -0.05) is 66.2 Å². The van der Waals surface area contributed by atoms with Gasteiger partial charge in [-0.2, -0.15) is 13.2 Å². The van der Waals surface area contributed by atoms with Crippen molar-refractivity contribution in [2.75, 3.05) is 58.9 Å². The van der Waals surface area contributed by atoms with Gasteiger partial charge in [-0.3, -0.25) is 19.2 Å². The van der Waals surface area contributed by atoms with Gasteiger partial charge in [0.25, 0.3) is 17.7 Å². The number of likely N-dealkylation sites (tertiary alicyclic amines) is 2. The molecule has 0 saturated carbocycles. The van der Waals surface area contributed by atoms with Crippen LogP contribution < -0.4 is 60.3 Å². The van der Waals surface area contributed by atoms with Crippen LogP contribution in [0.25, 0.3) is 66.5 Å². The number of alkyl halides is 3. The summed E-state index contributed by atoms with van der Waals surface area (Å²) in [5.74, 6) is 1.08. The van der Waals surface area contributed by atoms with Gasteiger partial charge in [0.05, 0.1) is 45.9 Å². The first-order valence-electron chi connectivity index (χ1n) is 34.3. The first-order chi connectivity index (χ1) is 48.7. The second-order valence-electron chi connectivity index (χ2n) is 27.6. The SMILES string of the molecule is CC(C)(C)OC(=O)N1CCC[C@H](O)C1.CC(C)(C)OC(=O)N1CCC[C@H](Oc2ccc3cccc(-c4cc5c([nH]4)CCNC5=O)c3n2)C1.O=C1NCCc2[nH]c(-c3cccc4ccc(Cl)nc34)cc21.O=C1NCCc2[nH]c(-c3cccc4ccc(O[C@H]5CCCNC5)nc34)cc21.O=CC(F)(F)F.[H-].[Na+]. The molecule has 0 radical (unpaired) electrons. The van der Waals surface area contributed by atoms with E-state index in [0.29, 0.717) is 68.3 Å². The fraction of sp³-hybridized carbons (Fsp3) is 0.400. The van der Waals surface area contributed by atoms with Crippen molar-refractivity contribution in [2.24, 2.45) is 0 Å². The molecule has 23 nitrogen and oxygen atoms in total. The number of aliphatic hydroxyl groups is 1. The summed E-state index contributed by atoms with van der Waals surface area (Å²) >= 11 is 6.02. The summed E-state index contributed by atoms with van der Waals surface area (Å²) in [5.41, 5.74) is 12.2. The first kappa shape index (κ1) is 76.6. The maximum absolute atomic E-state index is 12.5. The van der Waals surface area contributed by atoms with Gasteiger partial charge in [0.1, 0.15) is 28.6 Å². The smallest absolute Gasteiger partial charge is 1.00 e. The molecule has 6 aliphatic rings. The van der Waals surface area contributed by atoms with Crippen LogP contribution in [0.2, 0.25) is 5.15 Å². The van der Waals surface area contributed by atoms with Gasteiger partial charge in [-0.25, -0.2) is 24.5 Å². The van der Waals surface area contributed by atoms with Gasteiger partial charge in [0.2, 0.25) is 18.0 Å². The number of carbonyl (C=O) groups is 6. The Hall–Kier alpha value is -9.05. The van der Waals surface area contributed by atoms with Crippen molar-refractivity contribution in [1.82, 2.24) is 61.0 Å². The number of hydrogen-bond donors (Lipinski definition) is 8. The predicted octanol–water partition coefficient (Wildman–Crippen LogP) is 9.35. The van der Waals surface area contributed by atoms with E-state index >= 15 is 0 Å². The summed E-state index contributed by atoms with van der Waals surface area (Å²) < 4.78 is 54.3. The van der Waals surface area contributed by atoms with Crippen LogP contribution >= 0.6 is 11.6 Å². The number of β-amino-alcohol motifs (C(OH)–C–C–N with tert-alkyl or cyclic N) is 1. The predicted molar refractivity (Wildman–Crippen MR) is 382 cm³/mol. The molecule has 0 bridgehead atoms. The van der Waals surface area contributed by atoms with Crippen molar-refractivity contribution in [3.63, 3.8) is 0 Å². The van der Waals surface area contributed by atoms with Crippen LogP contribution in [0.4, 0.5) is 22.8 Å². The Morgan fingerprint density at radius 1 is 0.544 bits per heavy atom. The zero-order chi connectivity index (χ0) is 72.5. The third kappa shape index (κ3) is 20.2. The summed E-state index contributed by atoms with van der Waals surface area (Å²) in [4.78, 5) is 96.4. The van der Waals surface area contributed by atoms with Crippen LogP contribution in [-0.2, 0) is 33.5 Å². The third-order valence-corrected chi connectivity index (χ3v) is 17.6. The molecule has 28 heteroatoms. The summed E-state index contributed by atoms with van der Waals surface area (Å²) in [6.07, 6.45) is 1.20. The second kappa shape index (κ2) is 33.6. The minimum Gasteiger partial charge on any atom is -1.00 e. The van der Waals surface area contributed by atoms with E-state index in [4.69, 9.17) is 45.3 Å². The van der Waals surface area contributed by atoms with Crippen molar-refractivity contribution in [3.05, 3.63) is 148 Å². The van der Waals surface area contributed by atoms with Gasteiger partial charge >= 0.3 is 47.9 Å². The number of aldehydes is 1. The number of amides is 5. The molecular weight excluding hydrogens is 1360 g/mol. The molecule has 3 atom stereocenters. The van der Waals surface area contributed by atoms with Crippen LogP contribution in [0.3, 0.4) is 0 Å². The summed E-state index contributed by atoms with van der Waals surface area (Å²) in [5, 5.41) is 24.9. The number of aliphatic hydroxyl groups excluding tert-OH is 1. The summed E-state index contributed by atoms with van der Waals surface area (Å²) in [6.45, 7) is 17.2. The summed E-state index contributed by atoms with van der Waals surface area (Å²) in [6, 6.07) is 35.4. The number of halogens is 4. The molecule has 6 aliphatic heterocycles.